The Balaban J connectivity index is 4.35. The maximum atomic E-state index is 5.97. The van der Waals surface area contributed by atoms with E-state index in [9.17, 15) is 0 Å². The molecule has 0 heterocycles. The van der Waals surface area contributed by atoms with Crippen molar-refractivity contribution in [3.8, 4) is 0 Å². The number of rotatable bonds is 3. The molecule has 72 valence electrons. The van der Waals surface area contributed by atoms with Crippen LogP contribution in [0.2, 0.25) is 0 Å². The highest BCUT2D eigenvalue weighted by Crippen LogP contribution is 2.80. The summed E-state index contributed by atoms with van der Waals surface area (Å²) in [5, 5.41) is 0. The van der Waals surface area contributed by atoms with Crippen LogP contribution >= 0.6 is 69.5 Å². The van der Waals surface area contributed by atoms with E-state index in [2.05, 4.69) is 0 Å². The molecule has 1 unspecified atom stereocenters. The molecule has 0 N–H and O–H groups in total. The second-order valence-corrected chi connectivity index (χ2v) is 15.9. The topological polar surface area (TPSA) is 0 Å². The lowest BCUT2D eigenvalue weighted by atomic mass is 10.9. The van der Waals surface area contributed by atoms with Gasteiger partial charge >= 0.3 is 0 Å². The number of hydrogen-bond acceptors (Lipinski definition) is 0. The van der Waals surface area contributed by atoms with Crippen molar-refractivity contribution in [1.29, 1.82) is 0 Å². The number of hydrogen-bond donors (Lipinski definition) is 0. The molecule has 0 nitrogen and oxygen atoms in total. The van der Waals surface area contributed by atoms with Crippen LogP contribution in [0.3, 0.4) is 0 Å². The Labute approximate surface area is 93.0 Å². The molecule has 7 heteroatoms. The quantitative estimate of drug-likeness (QED) is 0.624. The van der Waals surface area contributed by atoms with Gasteiger partial charge in [0.25, 0.3) is 0 Å². The largest absolute Gasteiger partial charge is 0.0799 e. The van der Waals surface area contributed by atoms with Gasteiger partial charge in [-0.25, -0.2) is 0 Å². The second-order valence-electron chi connectivity index (χ2n) is 1.92. The van der Waals surface area contributed by atoms with Crippen LogP contribution in [0.1, 0.15) is 13.8 Å². The van der Waals surface area contributed by atoms with E-state index in [1.165, 1.54) is 0 Å². The molecule has 0 saturated carbocycles. The van der Waals surface area contributed by atoms with E-state index in [-0.39, 0.29) is 4.58 Å². The summed E-state index contributed by atoms with van der Waals surface area (Å²) in [7, 11) is 25.1. The zero-order chi connectivity index (χ0) is 9.28. The van der Waals surface area contributed by atoms with Gasteiger partial charge in [0.1, 0.15) is 0 Å². The highest BCUT2D eigenvalue weighted by molar-refractivity contribution is 8.86. The summed E-state index contributed by atoms with van der Waals surface area (Å²) in [5.41, 5.74) is 0. The van der Waals surface area contributed by atoms with E-state index >= 15 is 0 Å². The van der Waals surface area contributed by atoms with Crippen molar-refractivity contribution >= 4 is 69.5 Å². The summed E-state index contributed by atoms with van der Waals surface area (Å²) in [6, 6.07) is 0. The Hall–Kier alpha value is 2.15. The van der Waals surface area contributed by atoms with Gasteiger partial charge in [-0.05, 0) is 60.3 Å². The normalized spacial score (nSPS) is 19.5. The van der Waals surface area contributed by atoms with Crippen molar-refractivity contribution in [2.45, 2.75) is 18.4 Å². The van der Waals surface area contributed by atoms with E-state index in [4.69, 9.17) is 53.4 Å². The van der Waals surface area contributed by atoms with E-state index in [1.807, 2.05) is 6.92 Å². The van der Waals surface area contributed by atoms with Crippen LogP contribution in [0.15, 0.2) is 0 Å². The summed E-state index contributed by atoms with van der Waals surface area (Å²) >= 11 is 0. The highest BCUT2D eigenvalue weighted by atomic mass is 36.2. The molecule has 0 aliphatic rings. The van der Waals surface area contributed by atoms with Crippen molar-refractivity contribution in [2.24, 2.45) is 0 Å². The standard InChI is InChI=1S/C4H9Cl5S2/c1-3-10(5,6)4(2)11(7,8)9/h4H,3H2,1-2H3. The second kappa shape index (κ2) is 4.59. The molecule has 0 aliphatic heterocycles. The molecule has 0 bridgehead atoms. The Morgan fingerprint density at radius 2 is 1.45 bits per heavy atom. The molecule has 0 fully saturated rings. The third-order valence-corrected chi connectivity index (χ3v) is 12.5. The van der Waals surface area contributed by atoms with E-state index in [1.54, 1.807) is 6.92 Å². The molecule has 11 heavy (non-hydrogen) atoms. The summed E-state index contributed by atoms with van der Waals surface area (Å²) < 4.78 is -0.228. The van der Waals surface area contributed by atoms with Crippen molar-refractivity contribution in [1.82, 2.24) is 0 Å². The van der Waals surface area contributed by atoms with Gasteiger partial charge in [-0.1, -0.05) is 15.4 Å². The highest BCUT2D eigenvalue weighted by Gasteiger charge is 2.36. The molecule has 0 rings (SSSR count). The smallest absolute Gasteiger partial charge is 0.0708 e. The fraction of sp³-hybridized carbons (Fsp3) is 1.00. The van der Waals surface area contributed by atoms with Gasteiger partial charge in [0, 0.05) is 13.4 Å². The van der Waals surface area contributed by atoms with Crippen LogP contribution in [0.25, 0.3) is 0 Å². The Morgan fingerprint density at radius 3 is 1.55 bits per heavy atom. The van der Waals surface area contributed by atoms with Crippen LogP contribution in [-0.4, -0.2) is 10.3 Å². The van der Waals surface area contributed by atoms with Gasteiger partial charge in [-0.3, -0.25) is 0 Å². The van der Waals surface area contributed by atoms with Gasteiger partial charge in [0.2, 0.25) is 0 Å². The molecule has 0 aromatic carbocycles. The third kappa shape index (κ3) is 4.26. The van der Waals surface area contributed by atoms with E-state index in [0.29, 0.717) is 5.75 Å². The molecule has 0 spiro atoms. The zero-order valence-electron chi connectivity index (χ0n) is 5.99. The first kappa shape index (κ1) is 13.2. The van der Waals surface area contributed by atoms with Gasteiger partial charge in [-0.15, -0.1) is 0 Å². The summed E-state index contributed by atoms with van der Waals surface area (Å²) in [6.45, 7) is 3.67. The van der Waals surface area contributed by atoms with Crippen LogP contribution < -0.4 is 0 Å². The average Bonchev–Trinajstić information content (AvgIpc) is 1.84. The molecular weight excluding hydrogens is 289 g/mol. The molecule has 1 atom stereocenters. The minimum atomic E-state index is -2.18. The first-order valence-corrected chi connectivity index (χ1v) is 10.5. The number of halogens is 5. The lowest BCUT2D eigenvalue weighted by molar-refractivity contribution is 1.38. The van der Waals surface area contributed by atoms with Gasteiger partial charge in [0.05, 0.1) is 4.58 Å². The molecule has 0 aromatic rings. The van der Waals surface area contributed by atoms with E-state index in [0.717, 1.165) is 0 Å². The summed E-state index contributed by atoms with van der Waals surface area (Å²) in [6.07, 6.45) is 0. The van der Waals surface area contributed by atoms with Gasteiger partial charge < -0.3 is 0 Å². The SMILES string of the molecule is CCS(Cl)(Cl)C(C)S(Cl)(Cl)Cl. The maximum Gasteiger partial charge on any atom is 0.0799 e. The fourth-order valence-corrected chi connectivity index (χ4v) is 9.88. The van der Waals surface area contributed by atoms with Crippen LogP contribution in [-0.2, 0) is 0 Å². The lowest BCUT2D eigenvalue weighted by Crippen LogP contribution is -2.06. The van der Waals surface area contributed by atoms with Crippen molar-refractivity contribution in [3.05, 3.63) is 0 Å². The third-order valence-electron chi connectivity index (χ3n) is 1.25. The molecule has 0 radical (unpaired) electrons. The lowest BCUT2D eigenvalue weighted by Gasteiger charge is -2.36. The Morgan fingerprint density at radius 1 is 1.09 bits per heavy atom. The predicted octanol–water partition coefficient (Wildman–Crippen LogP) is 5.73. The maximum absolute atomic E-state index is 5.97. The molecule has 0 aliphatic carbocycles. The molecule has 0 aromatic heterocycles. The molecule has 0 amide bonds. The fourth-order valence-electron chi connectivity index (χ4n) is 0.394. The van der Waals surface area contributed by atoms with E-state index < -0.39 is 16.1 Å². The van der Waals surface area contributed by atoms with Gasteiger partial charge in [-0.2, -0.15) is 0 Å². The summed E-state index contributed by atoms with van der Waals surface area (Å²) in [4.78, 5) is 0. The Bertz CT molecular complexity index is 131. The minimum absolute atomic E-state index is 0.228. The van der Waals surface area contributed by atoms with Crippen LogP contribution in [0.5, 0.6) is 0 Å². The first-order valence-electron chi connectivity index (χ1n) is 2.82. The van der Waals surface area contributed by atoms with Crippen molar-refractivity contribution in [2.75, 3.05) is 5.75 Å². The zero-order valence-corrected chi connectivity index (χ0v) is 11.4. The van der Waals surface area contributed by atoms with Crippen molar-refractivity contribution < 1.29 is 0 Å². The average molecular weight is 299 g/mol. The van der Waals surface area contributed by atoms with Crippen LogP contribution in [0, 0.1) is 0 Å². The monoisotopic (exact) mass is 296 g/mol. The van der Waals surface area contributed by atoms with Gasteiger partial charge in [0.15, 0.2) is 0 Å². The molecular formula is C4H9Cl5S2. The summed E-state index contributed by atoms with van der Waals surface area (Å²) in [5.74, 6) is 0.651. The predicted molar refractivity (Wildman–Crippen MR) is 64.5 cm³/mol. The first-order chi connectivity index (χ1) is 4.72. The van der Waals surface area contributed by atoms with Crippen molar-refractivity contribution in [3.63, 3.8) is 0 Å². The Kier molecular flexibility index (Phi) is 5.48. The molecule has 0 saturated heterocycles. The van der Waals surface area contributed by atoms with Crippen LogP contribution in [0.4, 0.5) is 0 Å². The minimum Gasteiger partial charge on any atom is -0.0708 e.